The molecule has 28 heavy (non-hydrogen) atoms. The largest absolute Gasteiger partial charge is 0.368 e. The van der Waals surface area contributed by atoms with Crippen LogP contribution in [-0.2, 0) is 0 Å². The van der Waals surface area contributed by atoms with E-state index in [9.17, 15) is 4.39 Å². The molecule has 1 saturated carbocycles. The number of benzene rings is 1. The van der Waals surface area contributed by atoms with Gasteiger partial charge in [0.2, 0.25) is 11.9 Å². The van der Waals surface area contributed by atoms with Crippen LogP contribution in [-0.4, -0.2) is 29.5 Å². The highest BCUT2D eigenvalue weighted by atomic mass is 35.5. The van der Waals surface area contributed by atoms with E-state index >= 15 is 0 Å². The van der Waals surface area contributed by atoms with Crippen molar-refractivity contribution in [3.63, 3.8) is 0 Å². The summed E-state index contributed by atoms with van der Waals surface area (Å²) in [5.74, 6) is 0.627. The standard InChI is InChI=1S/C18H14ClFN8/c19-9-1-4-12(11(20)7-9)26-18-23-8-14-16(27-18)28(10-2-3-10)15(24-14)13-5-6-22-17(21)25-13/h1,4-8,10H,2-3H2,(H2,21,22,25)(H,23,26,27). The lowest BCUT2D eigenvalue weighted by Crippen LogP contribution is -2.04. The van der Waals surface area contributed by atoms with E-state index in [-0.39, 0.29) is 23.6 Å². The fourth-order valence-corrected chi connectivity index (χ4v) is 3.18. The Bertz CT molecular complexity index is 1200. The molecule has 3 aromatic heterocycles. The SMILES string of the molecule is Nc1nccc(-c2nc3cnc(Nc4ccc(Cl)cc4F)nc3n2C2CC2)n1. The highest BCUT2D eigenvalue weighted by Gasteiger charge is 2.30. The summed E-state index contributed by atoms with van der Waals surface area (Å²) in [7, 11) is 0. The molecule has 8 nitrogen and oxygen atoms in total. The topological polar surface area (TPSA) is 107 Å². The maximum Gasteiger partial charge on any atom is 0.229 e. The van der Waals surface area contributed by atoms with Gasteiger partial charge in [-0.2, -0.15) is 4.98 Å². The van der Waals surface area contributed by atoms with Crippen LogP contribution in [0.25, 0.3) is 22.7 Å². The van der Waals surface area contributed by atoms with E-state index in [0.29, 0.717) is 27.7 Å². The Hall–Kier alpha value is -3.33. The minimum Gasteiger partial charge on any atom is -0.368 e. The van der Waals surface area contributed by atoms with E-state index in [1.54, 1.807) is 30.6 Å². The number of nitrogens with one attached hydrogen (secondary N) is 1. The highest BCUT2D eigenvalue weighted by molar-refractivity contribution is 6.30. The molecular weight excluding hydrogens is 383 g/mol. The number of rotatable bonds is 4. The second-order valence-corrected chi connectivity index (χ2v) is 6.92. The monoisotopic (exact) mass is 396 g/mol. The minimum atomic E-state index is -0.482. The lowest BCUT2D eigenvalue weighted by molar-refractivity contribution is 0.631. The molecule has 1 aromatic carbocycles. The molecule has 0 bridgehead atoms. The van der Waals surface area contributed by atoms with Crippen LogP contribution in [0.5, 0.6) is 0 Å². The van der Waals surface area contributed by atoms with Crippen molar-refractivity contribution in [1.29, 1.82) is 0 Å². The number of hydrogen-bond acceptors (Lipinski definition) is 7. The Labute approximate surface area is 163 Å². The summed E-state index contributed by atoms with van der Waals surface area (Å²) in [5.41, 5.74) is 7.87. The van der Waals surface area contributed by atoms with E-state index in [1.807, 2.05) is 4.57 Å². The number of imidazole rings is 1. The molecule has 3 heterocycles. The molecule has 1 fully saturated rings. The van der Waals surface area contributed by atoms with Gasteiger partial charge in [0.15, 0.2) is 11.5 Å². The third-order valence-corrected chi connectivity index (χ3v) is 4.66. The fraction of sp³-hybridized carbons (Fsp3) is 0.167. The van der Waals surface area contributed by atoms with Crippen molar-refractivity contribution < 1.29 is 4.39 Å². The Balaban J connectivity index is 1.60. The number of hydrogen-bond donors (Lipinski definition) is 2. The van der Waals surface area contributed by atoms with Crippen molar-refractivity contribution in [1.82, 2.24) is 29.5 Å². The van der Waals surface area contributed by atoms with E-state index < -0.39 is 5.82 Å². The lowest BCUT2D eigenvalue weighted by atomic mass is 10.3. The first-order valence-electron chi connectivity index (χ1n) is 8.64. The first-order chi connectivity index (χ1) is 13.6. The van der Waals surface area contributed by atoms with Crippen LogP contribution in [0.15, 0.2) is 36.7 Å². The molecular formula is C18H14ClFN8. The normalized spacial score (nSPS) is 13.8. The Morgan fingerprint density at radius 2 is 2.00 bits per heavy atom. The van der Waals surface area contributed by atoms with Crippen molar-refractivity contribution in [2.24, 2.45) is 0 Å². The molecule has 0 aliphatic heterocycles. The number of fused-ring (bicyclic) bond motifs is 1. The molecule has 0 amide bonds. The summed E-state index contributed by atoms with van der Waals surface area (Å²) in [6, 6.07) is 6.41. The number of anilines is 3. The van der Waals surface area contributed by atoms with Gasteiger partial charge in [0, 0.05) is 17.3 Å². The zero-order chi connectivity index (χ0) is 19.3. The highest BCUT2D eigenvalue weighted by Crippen LogP contribution is 2.40. The van der Waals surface area contributed by atoms with Crippen LogP contribution in [0.1, 0.15) is 18.9 Å². The lowest BCUT2D eigenvalue weighted by Gasteiger charge is -2.08. The summed E-state index contributed by atoms with van der Waals surface area (Å²) in [6.45, 7) is 0. The Morgan fingerprint density at radius 1 is 1.14 bits per heavy atom. The van der Waals surface area contributed by atoms with Gasteiger partial charge in [-0.3, -0.25) is 0 Å². The van der Waals surface area contributed by atoms with Crippen molar-refractivity contribution in [3.8, 4) is 11.5 Å². The van der Waals surface area contributed by atoms with Gasteiger partial charge in [0.25, 0.3) is 0 Å². The van der Waals surface area contributed by atoms with E-state index in [2.05, 4.69) is 30.2 Å². The zero-order valence-electron chi connectivity index (χ0n) is 14.5. The molecule has 0 radical (unpaired) electrons. The quantitative estimate of drug-likeness (QED) is 0.541. The maximum absolute atomic E-state index is 14.1. The summed E-state index contributed by atoms with van der Waals surface area (Å²) < 4.78 is 16.1. The van der Waals surface area contributed by atoms with Crippen molar-refractivity contribution in [3.05, 3.63) is 47.5 Å². The molecule has 1 aliphatic rings. The molecule has 1 aliphatic carbocycles. The molecule has 0 unspecified atom stereocenters. The van der Waals surface area contributed by atoms with Gasteiger partial charge >= 0.3 is 0 Å². The summed E-state index contributed by atoms with van der Waals surface area (Å²) in [6.07, 6.45) is 5.25. The van der Waals surface area contributed by atoms with Crippen molar-refractivity contribution in [2.45, 2.75) is 18.9 Å². The molecule has 4 aromatic rings. The second-order valence-electron chi connectivity index (χ2n) is 6.49. The zero-order valence-corrected chi connectivity index (χ0v) is 15.2. The first kappa shape index (κ1) is 16.8. The van der Waals surface area contributed by atoms with Gasteiger partial charge in [0.1, 0.15) is 17.0 Å². The number of nitrogens with two attached hydrogens (primary N) is 1. The van der Waals surface area contributed by atoms with Crippen LogP contribution in [0.2, 0.25) is 5.02 Å². The molecule has 0 spiro atoms. The molecule has 0 saturated heterocycles. The Kier molecular flexibility index (Phi) is 3.83. The van der Waals surface area contributed by atoms with E-state index in [1.165, 1.54) is 6.07 Å². The van der Waals surface area contributed by atoms with Crippen molar-refractivity contribution >= 4 is 40.3 Å². The predicted octanol–water partition coefficient (Wildman–Crippen LogP) is 3.74. The second kappa shape index (κ2) is 6.38. The van der Waals surface area contributed by atoms with Gasteiger partial charge < -0.3 is 15.6 Å². The minimum absolute atomic E-state index is 0.179. The Morgan fingerprint density at radius 3 is 2.75 bits per heavy atom. The fourth-order valence-electron chi connectivity index (χ4n) is 3.02. The average Bonchev–Trinajstić information content (AvgIpc) is 3.44. The summed E-state index contributed by atoms with van der Waals surface area (Å²) in [5, 5.41) is 3.21. The molecule has 3 N–H and O–H groups in total. The maximum atomic E-state index is 14.1. The summed E-state index contributed by atoms with van der Waals surface area (Å²) >= 11 is 5.80. The van der Waals surface area contributed by atoms with Gasteiger partial charge in [-0.15, -0.1) is 0 Å². The molecule has 10 heteroatoms. The van der Waals surface area contributed by atoms with Gasteiger partial charge in [-0.25, -0.2) is 24.3 Å². The van der Waals surface area contributed by atoms with Crippen LogP contribution < -0.4 is 11.1 Å². The van der Waals surface area contributed by atoms with Gasteiger partial charge in [-0.1, -0.05) is 11.6 Å². The third kappa shape index (κ3) is 2.99. The molecule has 140 valence electrons. The van der Waals surface area contributed by atoms with Crippen molar-refractivity contribution in [2.75, 3.05) is 11.1 Å². The van der Waals surface area contributed by atoms with Crippen LogP contribution in [0.3, 0.4) is 0 Å². The van der Waals surface area contributed by atoms with Gasteiger partial charge in [0.05, 0.1) is 11.9 Å². The summed E-state index contributed by atoms with van der Waals surface area (Å²) in [4.78, 5) is 21.7. The number of nitrogen functional groups attached to an aromatic ring is 1. The number of aromatic nitrogens is 6. The number of halogens is 2. The first-order valence-corrected chi connectivity index (χ1v) is 9.02. The van der Waals surface area contributed by atoms with E-state index in [0.717, 1.165) is 12.8 Å². The molecule has 0 atom stereocenters. The third-order valence-electron chi connectivity index (χ3n) is 4.43. The average molecular weight is 397 g/mol. The van der Waals surface area contributed by atoms with Gasteiger partial charge in [-0.05, 0) is 37.1 Å². The van der Waals surface area contributed by atoms with Crippen LogP contribution in [0, 0.1) is 5.82 Å². The number of nitrogens with zero attached hydrogens (tertiary/aromatic N) is 6. The molecule has 5 rings (SSSR count). The van der Waals surface area contributed by atoms with Crippen LogP contribution >= 0.6 is 11.6 Å². The smallest absolute Gasteiger partial charge is 0.229 e. The van der Waals surface area contributed by atoms with E-state index in [4.69, 9.17) is 17.3 Å². The van der Waals surface area contributed by atoms with Crippen LogP contribution in [0.4, 0.5) is 22.0 Å². The predicted molar refractivity (Wildman–Crippen MR) is 104 cm³/mol.